The van der Waals surface area contributed by atoms with Crippen molar-refractivity contribution in [2.75, 3.05) is 24.7 Å². The van der Waals surface area contributed by atoms with Crippen molar-refractivity contribution in [3.8, 4) is 5.75 Å². The van der Waals surface area contributed by atoms with Crippen molar-refractivity contribution >= 4 is 23.0 Å². The van der Waals surface area contributed by atoms with E-state index in [1.807, 2.05) is 13.0 Å². The van der Waals surface area contributed by atoms with Crippen LogP contribution in [-0.4, -0.2) is 35.0 Å². The summed E-state index contributed by atoms with van der Waals surface area (Å²) in [6.07, 6.45) is 3.01. The number of aromatic hydroxyl groups is 1. The van der Waals surface area contributed by atoms with Crippen LogP contribution in [0.3, 0.4) is 0 Å². The number of furan rings is 1. The van der Waals surface area contributed by atoms with Crippen molar-refractivity contribution in [1.29, 1.82) is 0 Å². The molecule has 32 heavy (non-hydrogen) atoms. The van der Waals surface area contributed by atoms with Crippen molar-refractivity contribution in [3.05, 3.63) is 61.6 Å². The number of fused-ring (bicyclic) bond motifs is 1. The molecule has 1 aliphatic rings. The Balaban J connectivity index is 1.68. The molecule has 0 radical (unpaired) electrons. The van der Waals surface area contributed by atoms with Gasteiger partial charge in [0.25, 0.3) is 16.8 Å². The predicted octanol–water partition coefficient (Wildman–Crippen LogP) is 2.86. The molecule has 1 aliphatic carbocycles. The number of nitrogens with one attached hydrogen (secondary N) is 2. The van der Waals surface area contributed by atoms with E-state index in [2.05, 4.69) is 29.5 Å². The molecular weight excluding hydrogens is 412 g/mol. The monoisotopic (exact) mass is 438 g/mol. The third kappa shape index (κ3) is 3.43. The zero-order valence-electron chi connectivity index (χ0n) is 18.7. The molecule has 0 aliphatic heterocycles. The number of nitrogens with zero attached hydrogens (tertiary/aromatic N) is 2. The Kier molecular flexibility index (Phi) is 5.07. The molecule has 3 N–H and O–H groups in total. The third-order valence-corrected chi connectivity index (χ3v) is 6.05. The van der Waals surface area contributed by atoms with E-state index in [-0.39, 0.29) is 34.2 Å². The molecule has 1 aromatic carbocycles. The maximum Gasteiger partial charge on any atom is 0.275 e. The SMILES string of the molecule is Cc1cc2c(o1)CCC(C)(C)[C@@H]2Nc1c(Nc2ccnc(C(=O)N(C)C)c2O)c(=O)c1=O. The molecule has 1 atom stereocenters. The lowest BCUT2D eigenvalue weighted by Crippen LogP contribution is -2.41. The van der Waals surface area contributed by atoms with E-state index in [1.165, 1.54) is 17.2 Å². The number of carbonyl (C=O) groups excluding carboxylic acids is 1. The van der Waals surface area contributed by atoms with E-state index in [0.29, 0.717) is 0 Å². The molecule has 0 unspecified atom stereocenters. The number of pyridine rings is 1. The highest BCUT2D eigenvalue weighted by Gasteiger charge is 2.39. The number of hydrogen-bond acceptors (Lipinski definition) is 8. The van der Waals surface area contributed by atoms with Gasteiger partial charge in [0, 0.05) is 32.3 Å². The minimum atomic E-state index is -0.693. The second-order valence-electron chi connectivity index (χ2n) is 9.09. The van der Waals surface area contributed by atoms with Crippen LogP contribution < -0.4 is 21.5 Å². The maximum atomic E-state index is 12.4. The summed E-state index contributed by atoms with van der Waals surface area (Å²) < 4.78 is 5.80. The molecule has 3 aromatic rings. The van der Waals surface area contributed by atoms with Gasteiger partial charge in [-0.05, 0) is 30.9 Å². The zero-order valence-corrected chi connectivity index (χ0v) is 18.7. The van der Waals surface area contributed by atoms with E-state index in [0.717, 1.165) is 29.9 Å². The van der Waals surface area contributed by atoms with Crippen molar-refractivity contribution in [3.63, 3.8) is 0 Å². The first kappa shape index (κ1) is 21.6. The fourth-order valence-electron chi connectivity index (χ4n) is 4.15. The van der Waals surface area contributed by atoms with Gasteiger partial charge in [0.2, 0.25) is 0 Å². The van der Waals surface area contributed by atoms with Gasteiger partial charge in [-0.15, -0.1) is 0 Å². The first-order valence-electron chi connectivity index (χ1n) is 10.4. The Morgan fingerprint density at radius 1 is 1.25 bits per heavy atom. The molecule has 9 heteroatoms. The minimum Gasteiger partial charge on any atom is -0.504 e. The van der Waals surface area contributed by atoms with Crippen LogP contribution in [0.2, 0.25) is 0 Å². The van der Waals surface area contributed by atoms with Gasteiger partial charge in [-0.1, -0.05) is 13.8 Å². The molecular formula is C23H26N4O5. The highest BCUT2D eigenvalue weighted by Crippen LogP contribution is 2.46. The minimum absolute atomic E-state index is 0.0443. The molecule has 4 rings (SSSR count). The largest absolute Gasteiger partial charge is 0.504 e. The summed E-state index contributed by atoms with van der Waals surface area (Å²) in [6, 6.07) is 3.16. The number of aryl methyl sites for hydroxylation is 2. The Labute approximate surface area is 184 Å². The molecule has 0 saturated heterocycles. The van der Waals surface area contributed by atoms with Crippen LogP contribution in [0, 0.1) is 12.3 Å². The van der Waals surface area contributed by atoms with Crippen LogP contribution in [-0.2, 0) is 6.42 Å². The second kappa shape index (κ2) is 7.51. The lowest BCUT2D eigenvalue weighted by Gasteiger charge is -2.39. The number of amides is 1. The second-order valence-corrected chi connectivity index (χ2v) is 9.09. The topological polar surface area (TPSA) is 125 Å². The summed E-state index contributed by atoms with van der Waals surface area (Å²) in [5, 5.41) is 16.6. The quantitative estimate of drug-likeness (QED) is 0.520. The lowest BCUT2D eigenvalue weighted by atomic mass is 9.72. The average Bonchev–Trinajstić information content (AvgIpc) is 3.12. The first-order chi connectivity index (χ1) is 15.0. The summed E-state index contributed by atoms with van der Waals surface area (Å²) in [4.78, 5) is 42.3. The third-order valence-electron chi connectivity index (χ3n) is 6.05. The molecule has 168 valence electrons. The van der Waals surface area contributed by atoms with E-state index in [9.17, 15) is 19.5 Å². The predicted molar refractivity (Wildman–Crippen MR) is 120 cm³/mol. The fourth-order valence-corrected chi connectivity index (χ4v) is 4.15. The molecule has 9 nitrogen and oxygen atoms in total. The first-order valence-corrected chi connectivity index (χ1v) is 10.4. The van der Waals surface area contributed by atoms with Crippen LogP contribution in [0.1, 0.15) is 53.9 Å². The van der Waals surface area contributed by atoms with Crippen molar-refractivity contribution in [2.24, 2.45) is 5.41 Å². The van der Waals surface area contributed by atoms with E-state index < -0.39 is 22.5 Å². The summed E-state index contributed by atoms with van der Waals surface area (Å²) in [5.41, 5.74) is -0.383. The van der Waals surface area contributed by atoms with Gasteiger partial charge >= 0.3 is 0 Å². The standard InChI is InChI=1S/C23H26N4O5/c1-11-10-12-14(32-11)6-8-23(2,3)21(12)26-16-15(19(29)20(16)30)25-13-7-9-24-17(18(13)28)22(31)27(4)5/h7,9-10,21,26,28H,6,8H2,1-5H3,(H,24,25)/t21-/m1/s1. The molecule has 0 saturated carbocycles. The zero-order chi connectivity index (χ0) is 23.4. The number of hydrogen-bond donors (Lipinski definition) is 3. The van der Waals surface area contributed by atoms with Gasteiger partial charge in [-0.25, -0.2) is 4.98 Å². The van der Waals surface area contributed by atoms with Gasteiger partial charge in [0.15, 0.2) is 11.4 Å². The van der Waals surface area contributed by atoms with Crippen molar-refractivity contribution in [1.82, 2.24) is 9.88 Å². The Morgan fingerprint density at radius 3 is 2.62 bits per heavy atom. The normalized spacial score (nSPS) is 17.1. The van der Waals surface area contributed by atoms with Gasteiger partial charge in [0.1, 0.15) is 22.9 Å². The van der Waals surface area contributed by atoms with Crippen LogP contribution in [0.5, 0.6) is 5.75 Å². The molecule has 2 heterocycles. The number of rotatable bonds is 5. The summed E-state index contributed by atoms with van der Waals surface area (Å²) in [5.74, 6) is 0.797. The summed E-state index contributed by atoms with van der Waals surface area (Å²) in [7, 11) is 3.08. The van der Waals surface area contributed by atoms with Crippen LogP contribution in [0.15, 0.2) is 32.3 Å². The maximum absolute atomic E-state index is 12.4. The van der Waals surface area contributed by atoms with E-state index >= 15 is 0 Å². The van der Waals surface area contributed by atoms with Crippen LogP contribution in [0.4, 0.5) is 17.1 Å². The Hall–Kier alpha value is -3.62. The van der Waals surface area contributed by atoms with E-state index in [4.69, 9.17) is 4.42 Å². The smallest absolute Gasteiger partial charge is 0.275 e. The molecule has 0 spiro atoms. The molecule has 2 aromatic heterocycles. The highest BCUT2D eigenvalue weighted by atomic mass is 16.3. The van der Waals surface area contributed by atoms with Gasteiger partial charge in [-0.3, -0.25) is 14.4 Å². The fraction of sp³-hybridized carbons (Fsp3) is 0.391. The number of carbonyl (C=O) groups is 1. The average molecular weight is 438 g/mol. The van der Waals surface area contributed by atoms with Crippen LogP contribution >= 0.6 is 0 Å². The lowest BCUT2D eigenvalue weighted by molar-refractivity contribution is 0.0819. The van der Waals surface area contributed by atoms with Crippen LogP contribution in [0.25, 0.3) is 0 Å². The molecule has 0 bridgehead atoms. The number of anilines is 3. The highest BCUT2D eigenvalue weighted by molar-refractivity contribution is 5.97. The summed E-state index contributed by atoms with van der Waals surface area (Å²) >= 11 is 0. The van der Waals surface area contributed by atoms with Gasteiger partial charge in [0.05, 0.1) is 11.7 Å². The van der Waals surface area contributed by atoms with Gasteiger partial charge < -0.3 is 25.1 Å². The molecule has 0 fully saturated rings. The number of aromatic nitrogens is 1. The van der Waals surface area contributed by atoms with Crippen molar-refractivity contribution in [2.45, 2.75) is 39.7 Å². The molecule has 1 amide bonds. The van der Waals surface area contributed by atoms with Crippen molar-refractivity contribution < 1.29 is 14.3 Å². The van der Waals surface area contributed by atoms with E-state index in [1.54, 1.807) is 14.1 Å². The van der Waals surface area contributed by atoms with Gasteiger partial charge in [-0.2, -0.15) is 0 Å². The Morgan fingerprint density at radius 2 is 1.94 bits per heavy atom. The Bertz CT molecular complexity index is 1280. The summed E-state index contributed by atoms with van der Waals surface area (Å²) in [6.45, 7) is 6.08.